The zero-order chi connectivity index (χ0) is 25.0. The number of hydrogen-bond donors (Lipinski definition) is 3. The van der Waals surface area contributed by atoms with Crippen LogP contribution in [0.1, 0.15) is 68.9 Å². The summed E-state index contributed by atoms with van der Waals surface area (Å²) in [5.41, 5.74) is 2.25. The number of aliphatic hydroxyl groups is 1. The van der Waals surface area contributed by atoms with E-state index in [0.717, 1.165) is 69.6 Å². The van der Waals surface area contributed by atoms with Gasteiger partial charge in [0.05, 0.1) is 6.10 Å². The van der Waals surface area contributed by atoms with E-state index in [1.54, 1.807) is 6.07 Å². The van der Waals surface area contributed by atoms with Crippen molar-refractivity contribution in [2.24, 2.45) is 11.8 Å². The summed E-state index contributed by atoms with van der Waals surface area (Å²) in [6, 6.07) is 18.1. The van der Waals surface area contributed by atoms with Crippen molar-refractivity contribution in [3.05, 3.63) is 65.7 Å². The van der Waals surface area contributed by atoms with E-state index < -0.39 is 6.10 Å². The molecule has 2 aromatic rings. The highest BCUT2D eigenvalue weighted by Gasteiger charge is 2.52. The molecule has 2 aromatic carbocycles. The van der Waals surface area contributed by atoms with Crippen LogP contribution in [0.3, 0.4) is 0 Å². The average molecular weight is 491 g/mol. The molecule has 1 saturated heterocycles. The van der Waals surface area contributed by atoms with Gasteiger partial charge < -0.3 is 20.4 Å². The maximum atomic E-state index is 12.8. The van der Waals surface area contributed by atoms with Crippen LogP contribution in [0.15, 0.2) is 54.6 Å². The number of fused-ring (bicyclic) bond motifs is 1. The van der Waals surface area contributed by atoms with Crippen LogP contribution in [0.25, 0.3) is 0 Å². The van der Waals surface area contributed by atoms with Gasteiger partial charge in [0.15, 0.2) is 0 Å². The number of aliphatic hydroxyl groups excluding tert-OH is 1. The predicted molar refractivity (Wildman–Crippen MR) is 143 cm³/mol. The summed E-state index contributed by atoms with van der Waals surface area (Å²) >= 11 is 0. The molecule has 2 aliphatic carbocycles. The largest absolute Gasteiger partial charge is 0.508 e. The Kier molecular flexibility index (Phi) is 7.97. The van der Waals surface area contributed by atoms with Crippen molar-refractivity contribution in [2.75, 3.05) is 19.6 Å². The predicted octanol–water partition coefficient (Wildman–Crippen LogP) is 4.80. The zero-order valence-electron chi connectivity index (χ0n) is 21.4. The average Bonchev–Trinajstić information content (AvgIpc) is 3.69. The lowest BCUT2D eigenvalue weighted by atomic mass is 9.57. The van der Waals surface area contributed by atoms with Crippen molar-refractivity contribution in [2.45, 2.75) is 81.8 Å². The number of aromatic hydroxyl groups is 1. The summed E-state index contributed by atoms with van der Waals surface area (Å²) in [5, 5.41) is 24.9. The van der Waals surface area contributed by atoms with Crippen molar-refractivity contribution in [1.82, 2.24) is 10.2 Å². The van der Waals surface area contributed by atoms with Gasteiger partial charge in [-0.25, -0.2) is 0 Å². The number of carbonyl (C=O) groups excluding carboxylic acids is 1. The molecule has 3 aliphatic rings. The van der Waals surface area contributed by atoms with E-state index in [-0.39, 0.29) is 29.0 Å². The molecular formula is C31H42N2O3. The number of likely N-dealkylation sites (tertiary alicyclic amines) is 1. The number of benzene rings is 2. The van der Waals surface area contributed by atoms with Crippen LogP contribution in [-0.2, 0) is 16.6 Å². The van der Waals surface area contributed by atoms with Crippen LogP contribution >= 0.6 is 0 Å². The van der Waals surface area contributed by atoms with Crippen LogP contribution in [0.4, 0.5) is 0 Å². The maximum absolute atomic E-state index is 12.8. The zero-order valence-corrected chi connectivity index (χ0v) is 21.4. The van der Waals surface area contributed by atoms with Crippen molar-refractivity contribution in [3.8, 4) is 5.75 Å². The van der Waals surface area contributed by atoms with Gasteiger partial charge in [-0.3, -0.25) is 4.79 Å². The summed E-state index contributed by atoms with van der Waals surface area (Å²) in [7, 11) is 0. The Morgan fingerprint density at radius 3 is 2.67 bits per heavy atom. The molecular weight excluding hydrogens is 448 g/mol. The Labute approximate surface area is 215 Å². The molecule has 1 heterocycles. The second-order valence-electron chi connectivity index (χ2n) is 11.6. The fourth-order valence-corrected chi connectivity index (χ4v) is 6.78. The Balaban J connectivity index is 1.19. The number of carbonyl (C=O) groups is 1. The van der Waals surface area contributed by atoms with Crippen LogP contribution < -0.4 is 5.32 Å². The van der Waals surface area contributed by atoms with Gasteiger partial charge >= 0.3 is 0 Å². The van der Waals surface area contributed by atoms with Crippen molar-refractivity contribution >= 4 is 5.91 Å². The molecule has 194 valence electrons. The number of aryl methyl sites for hydroxylation is 1. The minimum absolute atomic E-state index is 0.0367. The maximum Gasteiger partial charge on any atom is 0.220 e. The first-order valence-corrected chi connectivity index (χ1v) is 14.0. The van der Waals surface area contributed by atoms with E-state index in [4.69, 9.17) is 0 Å². The minimum atomic E-state index is -0.459. The lowest BCUT2D eigenvalue weighted by Gasteiger charge is -2.55. The molecule has 2 saturated carbocycles. The quantitative estimate of drug-likeness (QED) is 0.418. The first-order valence-electron chi connectivity index (χ1n) is 14.0. The molecule has 5 rings (SSSR count). The molecule has 5 heteroatoms. The lowest BCUT2D eigenvalue weighted by Crippen LogP contribution is -2.61. The normalized spacial score (nSPS) is 28.4. The number of unbranched alkanes of at least 4 members (excludes halogenated alkanes) is 2. The molecule has 36 heavy (non-hydrogen) atoms. The third kappa shape index (κ3) is 6.12. The molecule has 3 fully saturated rings. The molecule has 3 N–H and O–H groups in total. The Morgan fingerprint density at radius 1 is 1.06 bits per heavy atom. The van der Waals surface area contributed by atoms with Gasteiger partial charge in [0.25, 0.3) is 0 Å². The number of nitrogens with zero attached hydrogens (tertiary/aromatic N) is 1. The van der Waals surface area contributed by atoms with Crippen LogP contribution in [0.2, 0.25) is 0 Å². The SMILES string of the molecule is O=C(CCCCCc1ccccc1)N[C@H]1C[C@@H](O)[C@@H]2CN(CC3CC3)CC[C@@]2(c2cccc(O)c2)C1. The summed E-state index contributed by atoms with van der Waals surface area (Å²) in [5.74, 6) is 1.33. The molecule has 0 aromatic heterocycles. The molecule has 0 spiro atoms. The third-order valence-electron chi connectivity index (χ3n) is 8.85. The molecule has 1 aliphatic heterocycles. The van der Waals surface area contributed by atoms with Crippen molar-refractivity contribution < 1.29 is 15.0 Å². The van der Waals surface area contributed by atoms with E-state index in [9.17, 15) is 15.0 Å². The molecule has 0 bridgehead atoms. The molecule has 0 radical (unpaired) electrons. The van der Waals surface area contributed by atoms with Crippen LogP contribution in [-0.4, -0.2) is 52.8 Å². The first-order chi connectivity index (χ1) is 17.5. The highest BCUT2D eigenvalue weighted by molar-refractivity contribution is 5.76. The van der Waals surface area contributed by atoms with E-state index >= 15 is 0 Å². The minimum Gasteiger partial charge on any atom is -0.508 e. The van der Waals surface area contributed by atoms with E-state index in [1.165, 1.54) is 18.4 Å². The Morgan fingerprint density at radius 2 is 1.89 bits per heavy atom. The van der Waals surface area contributed by atoms with Gasteiger partial charge in [0.1, 0.15) is 5.75 Å². The fourth-order valence-electron chi connectivity index (χ4n) is 6.78. The van der Waals surface area contributed by atoms with Gasteiger partial charge in [-0.1, -0.05) is 48.9 Å². The second-order valence-corrected chi connectivity index (χ2v) is 11.6. The number of phenols is 1. The van der Waals surface area contributed by atoms with Crippen LogP contribution in [0, 0.1) is 11.8 Å². The number of piperidine rings is 1. The van der Waals surface area contributed by atoms with Gasteiger partial charge in [0, 0.05) is 36.9 Å². The number of hydrogen-bond acceptors (Lipinski definition) is 4. The van der Waals surface area contributed by atoms with Crippen molar-refractivity contribution in [1.29, 1.82) is 0 Å². The van der Waals surface area contributed by atoms with E-state index in [0.29, 0.717) is 12.8 Å². The molecule has 0 unspecified atom stereocenters. The standard InChI is InChI=1S/C31H42N2O3/c34-27-12-7-11-25(18-27)31-16-17-33(21-24-14-15-24)22-28(31)29(35)19-26(20-31)32-30(36)13-6-2-5-10-23-8-3-1-4-9-23/h1,3-4,7-9,11-12,18,24,26,28-29,34-35H,2,5-6,10,13-17,19-22H2,(H,32,36)/t26-,28-,29+,31-/m0/s1. The Bertz CT molecular complexity index is 1010. The van der Waals surface area contributed by atoms with Crippen LogP contribution in [0.5, 0.6) is 5.75 Å². The summed E-state index contributed by atoms with van der Waals surface area (Å²) < 4.78 is 0. The van der Waals surface area contributed by atoms with Gasteiger partial charge in [-0.15, -0.1) is 0 Å². The van der Waals surface area contributed by atoms with E-state index in [2.05, 4.69) is 40.5 Å². The third-order valence-corrected chi connectivity index (χ3v) is 8.85. The monoisotopic (exact) mass is 490 g/mol. The highest BCUT2D eigenvalue weighted by atomic mass is 16.3. The topological polar surface area (TPSA) is 72.8 Å². The number of nitrogens with one attached hydrogen (secondary N) is 1. The van der Waals surface area contributed by atoms with Gasteiger partial charge in [-0.2, -0.15) is 0 Å². The first kappa shape index (κ1) is 25.3. The second kappa shape index (κ2) is 11.4. The smallest absolute Gasteiger partial charge is 0.220 e. The number of rotatable bonds is 10. The lowest BCUT2D eigenvalue weighted by molar-refractivity contribution is -0.123. The van der Waals surface area contributed by atoms with E-state index in [1.807, 2.05) is 18.2 Å². The highest BCUT2D eigenvalue weighted by Crippen LogP contribution is 2.50. The molecule has 5 nitrogen and oxygen atoms in total. The summed E-state index contributed by atoms with van der Waals surface area (Å²) in [6.45, 7) is 3.05. The molecule has 1 amide bonds. The molecule has 4 atom stereocenters. The summed E-state index contributed by atoms with van der Waals surface area (Å²) in [6.07, 6.45) is 9.24. The summed E-state index contributed by atoms with van der Waals surface area (Å²) in [4.78, 5) is 15.4. The Hall–Kier alpha value is -2.37. The van der Waals surface area contributed by atoms with Gasteiger partial charge in [-0.05, 0) is 87.1 Å². The number of phenolic OH excluding ortho intramolecular Hbond substituents is 1. The van der Waals surface area contributed by atoms with Gasteiger partial charge in [0.2, 0.25) is 5.91 Å². The fraction of sp³-hybridized carbons (Fsp3) is 0.581. The number of amides is 1. The van der Waals surface area contributed by atoms with Crippen molar-refractivity contribution in [3.63, 3.8) is 0 Å².